The Kier molecular flexibility index (Phi) is 2.85. The molecule has 1 saturated carbocycles. The van der Waals surface area contributed by atoms with Crippen LogP contribution in [0.4, 0.5) is 0 Å². The lowest BCUT2D eigenvalue weighted by molar-refractivity contribution is -0.117. The second-order valence-electron chi connectivity index (χ2n) is 4.64. The van der Waals surface area contributed by atoms with Crippen molar-refractivity contribution >= 4 is 15.6 Å². The van der Waals surface area contributed by atoms with E-state index in [0.717, 1.165) is 6.42 Å². The molecule has 0 radical (unpaired) electrons. The molecular weight excluding hydrogens is 214 g/mol. The first-order valence-corrected chi connectivity index (χ1v) is 7.28. The predicted molar refractivity (Wildman–Crippen MR) is 57.5 cm³/mol. The van der Waals surface area contributed by atoms with E-state index < -0.39 is 9.84 Å². The van der Waals surface area contributed by atoms with Crippen molar-refractivity contribution in [2.24, 2.45) is 0 Å². The van der Waals surface area contributed by atoms with E-state index in [1.54, 1.807) is 0 Å². The Labute approximate surface area is 90.6 Å². The highest BCUT2D eigenvalue weighted by molar-refractivity contribution is 7.91. The molecular formula is C10H17NO3S. The monoisotopic (exact) mass is 231 g/mol. The van der Waals surface area contributed by atoms with Gasteiger partial charge in [0.2, 0.25) is 0 Å². The number of Topliss-reactive ketones (excluding diaryl/α,β-unsaturated/α-hetero) is 1. The van der Waals surface area contributed by atoms with E-state index in [1.807, 2.05) is 6.92 Å². The van der Waals surface area contributed by atoms with Crippen molar-refractivity contribution in [3.05, 3.63) is 0 Å². The first-order valence-electron chi connectivity index (χ1n) is 5.46. The summed E-state index contributed by atoms with van der Waals surface area (Å²) in [6.45, 7) is 2.54. The molecule has 1 heterocycles. The number of sulfone groups is 1. The highest BCUT2D eigenvalue weighted by Gasteiger charge is 2.35. The molecule has 2 rings (SSSR count). The van der Waals surface area contributed by atoms with Crippen molar-refractivity contribution in [2.45, 2.75) is 38.3 Å². The minimum absolute atomic E-state index is 0.0691. The summed E-state index contributed by atoms with van der Waals surface area (Å²) in [5.74, 6) is 0.820. The van der Waals surface area contributed by atoms with Crippen LogP contribution in [0.2, 0.25) is 0 Å². The Morgan fingerprint density at radius 2 is 2.13 bits per heavy atom. The number of nitrogens with zero attached hydrogens (tertiary/aromatic N) is 1. The number of rotatable bonds is 1. The smallest absolute Gasteiger partial charge is 0.153 e. The van der Waals surface area contributed by atoms with E-state index in [2.05, 4.69) is 4.90 Å². The van der Waals surface area contributed by atoms with Gasteiger partial charge in [0.1, 0.15) is 5.78 Å². The molecule has 0 aromatic rings. The van der Waals surface area contributed by atoms with Gasteiger partial charge in [-0.15, -0.1) is 0 Å². The summed E-state index contributed by atoms with van der Waals surface area (Å²) in [6.07, 6.45) is 2.19. The van der Waals surface area contributed by atoms with Gasteiger partial charge in [0.05, 0.1) is 11.5 Å². The highest BCUT2D eigenvalue weighted by Crippen LogP contribution is 2.25. The minimum Gasteiger partial charge on any atom is -0.300 e. The summed E-state index contributed by atoms with van der Waals surface area (Å²) >= 11 is 0. The van der Waals surface area contributed by atoms with Crippen molar-refractivity contribution in [1.29, 1.82) is 0 Å². The minimum atomic E-state index is -2.83. The van der Waals surface area contributed by atoms with Gasteiger partial charge >= 0.3 is 0 Å². The zero-order valence-corrected chi connectivity index (χ0v) is 9.79. The van der Waals surface area contributed by atoms with Gasteiger partial charge in [-0.25, -0.2) is 8.42 Å². The third-order valence-electron chi connectivity index (χ3n) is 3.41. The van der Waals surface area contributed by atoms with Crippen molar-refractivity contribution in [1.82, 2.24) is 4.90 Å². The Morgan fingerprint density at radius 3 is 2.67 bits per heavy atom. The van der Waals surface area contributed by atoms with E-state index in [0.29, 0.717) is 31.2 Å². The molecule has 0 N–H and O–H groups in total. The van der Waals surface area contributed by atoms with Gasteiger partial charge < -0.3 is 0 Å². The largest absolute Gasteiger partial charge is 0.300 e. The molecule has 4 nitrogen and oxygen atoms in total. The standard InChI is InChI=1S/C10H17NO3S/c1-8-7-15(13,14)5-4-11(8)9-2-3-10(12)6-9/h8-9H,2-7H2,1H3. The molecule has 2 unspecified atom stereocenters. The zero-order valence-electron chi connectivity index (χ0n) is 8.98. The highest BCUT2D eigenvalue weighted by atomic mass is 32.2. The summed E-state index contributed by atoms with van der Waals surface area (Å²) in [5.41, 5.74) is 0. The number of carbonyl (C=O) groups excluding carboxylic acids is 1. The molecule has 2 aliphatic rings. The summed E-state index contributed by atoms with van der Waals surface area (Å²) in [5, 5.41) is 0. The fraction of sp³-hybridized carbons (Fsp3) is 0.900. The van der Waals surface area contributed by atoms with Crippen molar-refractivity contribution in [3.8, 4) is 0 Å². The van der Waals surface area contributed by atoms with Gasteiger partial charge in [0.15, 0.2) is 9.84 Å². The van der Waals surface area contributed by atoms with Crippen LogP contribution in [-0.4, -0.2) is 49.2 Å². The molecule has 15 heavy (non-hydrogen) atoms. The van der Waals surface area contributed by atoms with Crippen molar-refractivity contribution < 1.29 is 13.2 Å². The van der Waals surface area contributed by atoms with E-state index >= 15 is 0 Å². The predicted octanol–water partition coefficient (Wildman–Crippen LogP) is 0.227. The number of carbonyl (C=O) groups is 1. The zero-order chi connectivity index (χ0) is 11.1. The van der Waals surface area contributed by atoms with Crippen LogP contribution in [0.3, 0.4) is 0 Å². The molecule has 5 heteroatoms. The average Bonchev–Trinajstić information content (AvgIpc) is 2.50. The van der Waals surface area contributed by atoms with E-state index in [-0.39, 0.29) is 17.5 Å². The Morgan fingerprint density at radius 1 is 1.40 bits per heavy atom. The maximum absolute atomic E-state index is 11.4. The van der Waals surface area contributed by atoms with Gasteiger partial charge in [-0.3, -0.25) is 9.69 Å². The summed E-state index contributed by atoms with van der Waals surface area (Å²) in [4.78, 5) is 13.4. The summed E-state index contributed by atoms with van der Waals surface area (Å²) < 4.78 is 22.8. The lowest BCUT2D eigenvalue weighted by Crippen LogP contribution is -2.50. The van der Waals surface area contributed by atoms with Gasteiger partial charge in [0.25, 0.3) is 0 Å². The van der Waals surface area contributed by atoms with Gasteiger partial charge in [0, 0.05) is 31.5 Å². The molecule has 1 aliphatic carbocycles. The maximum atomic E-state index is 11.4. The van der Waals surface area contributed by atoms with Crippen LogP contribution in [0, 0.1) is 0 Å². The van der Waals surface area contributed by atoms with Crippen LogP contribution in [0.5, 0.6) is 0 Å². The normalized spacial score (nSPS) is 37.0. The molecule has 0 amide bonds. The topological polar surface area (TPSA) is 54.5 Å². The van der Waals surface area contributed by atoms with Crippen LogP contribution >= 0.6 is 0 Å². The van der Waals surface area contributed by atoms with Crippen LogP contribution in [0.25, 0.3) is 0 Å². The van der Waals surface area contributed by atoms with Crippen molar-refractivity contribution in [3.63, 3.8) is 0 Å². The molecule has 0 aromatic heterocycles. The third-order valence-corrected chi connectivity index (χ3v) is 5.21. The molecule has 86 valence electrons. The number of hydrogen-bond donors (Lipinski definition) is 0. The lowest BCUT2D eigenvalue weighted by Gasteiger charge is -2.37. The molecule has 0 bridgehead atoms. The second kappa shape index (κ2) is 3.87. The Hall–Kier alpha value is -0.420. The second-order valence-corrected chi connectivity index (χ2v) is 6.87. The number of ketones is 1. The molecule has 2 fully saturated rings. The van der Waals surface area contributed by atoms with E-state index in [1.165, 1.54) is 0 Å². The molecule has 1 aliphatic heterocycles. The molecule has 0 spiro atoms. The van der Waals surface area contributed by atoms with E-state index in [4.69, 9.17) is 0 Å². The third kappa shape index (κ3) is 2.39. The number of hydrogen-bond acceptors (Lipinski definition) is 4. The first kappa shape index (κ1) is 11.1. The van der Waals surface area contributed by atoms with Gasteiger partial charge in [-0.05, 0) is 13.3 Å². The molecule has 1 saturated heterocycles. The van der Waals surface area contributed by atoms with Crippen LogP contribution in [0.15, 0.2) is 0 Å². The maximum Gasteiger partial charge on any atom is 0.153 e. The quantitative estimate of drug-likeness (QED) is 0.648. The fourth-order valence-corrected chi connectivity index (χ4v) is 4.21. The van der Waals surface area contributed by atoms with Crippen LogP contribution in [-0.2, 0) is 14.6 Å². The van der Waals surface area contributed by atoms with E-state index in [9.17, 15) is 13.2 Å². The lowest BCUT2D eigenvalue weighted by atomic mass is 10.1. The Balaban J connectivity index is 2.03. The molecule has 2 atom stereocenters. The van der Waals surface area contributed by atoms with Crippen molar-refractivity contribution in [2.75, 3.05) is 18.1 Å². The fourth-order valence-electron chi connectivity index (χ4n) is 2.63. The average molecular weight is 231 g/mol. The molecule has 0 aromatic carbocycles. The van der Waals surface area contributed by atoms with Gasteiger partial charge in [-0.1, -0.05) is 0 Å². The Bertz CT molecular complexity index is 363. The first-order chi connectivity index (χ1) is 6.98. The van der Waals surface area contributed by atoms with Crippen LogP contribution in [0.1, 0.15) is 26.2 Å². The van der Waals surface area contributed by atoms with Crippen LogP contribution < -0.4 is 0 Å². The summed E-state index contributed by atoms with van der Waals surface area (Å²) in [6, 6.07) is 0.364. The van der Waals surface area contributed by atoms with Gasteiger partial charge in [-0.2, -0.15) is 0 Å². The summed E-state index contributed by atoms with van der Waals surface area (Å²) in [7, 11) is -2.83. The SMILES string of the molecule is CC1CS(=O)(=O)CCN1C1CCC(=O)C1.